The lowest BCUT2D eigenvalue weighted by atomic mass is 9.90. The van der Waals surface area contributed by atoms with Crippen LogP contribution in [0.15, 0.2) is 12.2 Å². The summed E-state index contributed by atoms with van der Waals surface area (Å²) in [6, 6.07) is 0. The lowest BCUT2D eigenvalue weighted by molar-refractivity contribution is -0.142. The molecule has 0 spiro atoms. The number of carbonyl (C=O) groups is 2. The fourth-order valence-corrected chi connectivity index (χ4v) is 2.12. The smallest absolute Gasteiger partial charge is 0.305 e. The average Bonchev–Trinajstić information content (AvgIpc) is 2.55. The molecule has 0 amide bonds. The standard InChI is InChI=1S/C12H18O3/c1-3-4-5-9-6-11(13)7-10(9)8-12(14)15-2/h3-4,9-10H,5-8H2,1-2H3/t9-,10+/m0/s1. The molecule has 0 saturated heterocycles. The van der Waals surface area contributed by atoms with Crippen molar-refractivity contribution in [1.29, 1.82) is 0 Å². The van der Waals surface area contributed by atoms with Gasteiger partial charge in [-0.05, 0) is 25.2 Å². The minimum Gasteiger partial charge on any atom is -0.469 e. The molecule has 0 radical (unpaired) electrons. The number of hydrogen-bond acceptors (Lipinski definition) is 3. The molecule has 0 aromatic rings. The van der Waals surface area contributed by atoms with Gasteiger partial charge in [-0.2, -0.15) is 0 Å². The van der Waals surface area contributed by atoms with Crippen LogP contribution in [0.1, 0.15) is 32.6 Å². The van der Waals surface area contributed by atoms with Crippen molar-refractivity contribution in [2.45, 2.75) is 32.6 Å². The van der Waals surface area contributed by atoms with Crippen molar-refractivity contribution in [1.82, 2.24) is 0 Å². The second-order valence-corrected chi connectivity index (χ2v) is 4.05. The summed E-state index contributed by atoms with van der Waals surface area (Å²) >= 11 is 0. The molecule has 0 unspecified atom stereocenters. The number of hydrogen-bond donors (Lipinski definition) is 0. The van der Waals surface area contributed by atoms with Crippen molar-refractivity contribution >= 4 is 11.8 Å². The molecule has 0 aliphatic heterocycles. The Morgan fingerprint density at radius 2 is 2.13 bits per heavy atom. The van der Waals surface area contributed by atoms with E-state index in [0.29, 0.717) is 25.2 Å². The molecule has 3 heteroatoms. The van der Waals surface area contributed by atoms with Gasteiger partial charge in [0.1, 0.15) is 5.78 Å². The summed E-state index contributed by atoms with van der Waals surface area (Å²) in [5.41, 5.74) is 0. The number of methoxy groups -OCH3 is 1. The highest BCUT2D eigenvalue weighted by Gasteiger charge is 2.33. The van der Waals surface area contributed by atoms with Crippen molar-refractivity contribution in [3.05, 3.63) is 12.2 Å². The zero-order chi connectivity index (χ0) is 11.3. The molecule has 2 atom stereocenters. The van der Waals surface area contributed by atoms with E-state index in [1.807, 2.05) is 13.0 Å². The third-order valence-corrected chi connectivity index (χ3v) is 2.98. The molecule has 15 heavy (non-hydrogen) atoms. The second kappa shape index (κ2) is 5.69. The summed E-state index contributed by atoms with van der Waals surface area (Å²) < 4.78 is 4.63. The lowest BCUT2D eigenvalue weighted by Crippen LogP contribution is -2.13. The number of allylic oxidation sites excluding steroid dienone is 2. The van der Waals surface area contributed by atoms with Crippen LogP contribution in [0.4, 0.5) is 0 Å². The van der Waals surface area contributed by atoms with Crippen molar-refractivity contribution < 1.29 is 14.3 Å². The van der Waals surface area contributed by atoms with E-state index in [0.717, 1.165) is 6.42 Å². The van der Waals surface area contributed by atoms with E-state index in [2.05, 4.69) is 10.8 Å². The Labute approximate surface area is 90.5 Å². The van der Waals surface area contributed by atoms with Gasteiger partial charge >= 0.3 is 5.97 Å². The summed E-state index contributed by atoms with van der Waals surface area (Å²) in [7, 11) is 1.39. The van der Waals surface area contributed by atoms with Crippen LogP contribution in [0, 0.1) is 11.8 Å². The molecular formula is C12H18O3. The van der Waals surface area contributed by atoms with Crippen LogP contribution in [0.25, 0.3) is 0 Å². The van der Waals surface area contributed by atoms with Gasteiger partial charge in [-0.1, -0.05) is 12.2 Å². The Balaban J connectivity index is 2.52. The van der Waals surface area contributed by atoms with E-state index < -0.39 is 0 Å². The fourth-order valence-electron chi connectivity index (χ4n) is 2.12. The van der Waals surface area contributed by atoms with E-state index >= 15 is 0 Å². The highest BCUT2D eigenvalue weighted by Crippen LogP contribution is 2.34. The van der Waals surface area contributed by atoms with Crippen LogP contribution >= 0.6 is 0 Å². The molecular weight excluding hydrogens is 192 g/mol. The van der Waals surface area contributed by atoms with Crippen LogP contribution in [0.2, 0.25) is 0 Å². The second-order valence-electron chi connectivity index (χ2n) is 4.05. The minimum absolute atomic E-state index is 0.182. The van der Waals surface area contributed by atoms with E-state index in [1.165, 1.54) is 7.11 Å². The van der Waals surface area contributed by atoms with E-state index in [1.54, 1.807) is 0 Å². The SMILES string of the molecule is CC=CC[C@H]1CC(=O)C[C@@H]1CC(=O)OC. The quantitative estimate of drug-likeness (QED) is 0.527. The van der Waals surface area contributed by atoms with Crippen LogP contribution < -0.4 is 0 Å². The maximum absolute atomic E-state index is 11.3. The summed E-state index contributed by atoms with van der Waals surface area (Å²) in [5, 5.41) is 0. The Morgan fingerprint density at radius 3 is 2.73 bits per heavy atom. The summed E-state index contributed by atoms with van der Waals surface area (Å²) in [5.74, 6) is 0.576. The van der Waals surface area contributed by atoms with Gasteiger partial charge in [-0.15, -0.1) is 0 Å². The van der Waals surface area contributed by atoms with Crippen molar-refractivity contribution in [2.75, 3.05) is 7.11 Å². The fraction of sp³-hybridized carbons (Fsp3) is 0.667. The first-order valence-electron chi connectivity index (χ1n) is 5.37. The number of esters is 1. The van der Waals surface area contributed by atoms with E-state index in [-0.39, 0.29) is 17.7 Å². The zero-order valence-corrected chi connectivity index (χ0v) is 9.36. The summed E-state index contributed by atoms with van der Waals surface area (Å²) in [6.45, 7) is 1.96. The number of carbonyl (C=O) groups excluding carboxylic acids is 2. The molecule has 0 aromatic carbocycles. The Morgan fingerprint density at radius 1 is 1.47 bits per heavy atom. The maximum Gasteiger partial charge on any atom is 0.305 e. The highest BCUT2D eigenvalue weighted by atomic mass is 16.5. The largest absolute Gasteiger partial charge is 0.469 e. The van der Waals surface area contributed by atoms with Crippen molar-refractivity contribution in [3.8, 4) is 0 Å². The molecule has 1 saturated carbocycles. The Bertz CT molecular complexity index is 268. The molecule has 0 N–H and O–H groups in total. The number of rotatable bonds is 4. The van der Waals surface area contributed by atoms with Gasteiger partial charge in [0.15, 0.2) is 0 Å². The summed E-state index contributed by atoms with van der Waals surface area (Å²) in [4.78, 5) is 22.5. The van der Waals surface area contributed by atoms with Crippen LogP contribution in [0.5, 0.6) is 0 Å². The molecule has 3 nitrogen and oxygen atoms in total. The van der Waals surface area contributed by atoms with Crippen molar-refractivity contribution in [2.24, 2.45) is 11.8 Å². The maximum atomic E-state index is 11.3. The monoisotopic (exact) mass is 210 g/mol. The van der Waals surface area contributed by atoms with Gasteiger partial charge in [-0.3, -0.25) is 9.59 Å². The van der Waals surface area contributed by atoms with Gasteiger partial charge < -0.3 is 4.74 Å². The van der Waals surface area contributed by atoms with Crippen LogP contribution in [-0.2, 0) is 14.3 Å². The molecule has 0 bridgehead atoms. The van der Waals surface area contributed by atoms with Crippen molar-refractivity contribution in [3.63, 3.8) is 0 Å². The van der Waals surface area contributed by atoms with Crippen LogP contribution in [0.3, 0.4) is 0 Å². The van der Waals surface area contributed by atoms with Gasteiger partial charge in [0.2, 0.25) is 0 Å². The highest BCUT2D eigenvalue weighted by molar-refractivity contribution is 5.82. The summed E-state index contributed by atoms with van der Waals surface area (Å²) in [6.07, 6.45) is 6.48. The molecule has 1 fully saturated rings. The predicted octanol–water partition coefficient (Wildman–Crippen LogP) is 2.11. The number of ether oxygens (including phenoxy) is 1. The first-order chi connectivity index (χ1) is 7.17. The third kappa shape index (κ3) is 3.50. The first kappa shape index (κ1) is 12.0. The zero-order valence-electron chi connectivity index (χ0n) is 9.36. The molecule has 0 aromatic heterocycles. The third-order valence-electron chi connectivity index (χ3n) is 2.98. The van der Waals surface area contributed by atoms with Gasteiger partial charge in [0.25, 0.3) is 0 Å². The van der Waals surface area contributed by atoms with Crippen LogP contribution in [-0.4, -0.2) is 18.9 Å². The molecule has 1 rings (SSSR count). The molecule has 0 heterocycles. The van der Waals surface area contributed by atoms with E-state index in [9.17, 15) is 9.59 Å². The average molecular weight is 210 g/mol. The normalized spacial score (nSPS) is 26.1. The molecule has 1 aliphatic carbocycles. The Kier molecular flexibility index (Phi) is 4.53. The molecule has 84 valence electrons. The number of ketones is 1. The molecule has 1 aliphatic rings. The van der Waals surface area contributed by atoms with Gasteiger partial charge in [0.05, 0.1) is 7.11 Å². The number of Topliss-reactive ketones (excluding diaryl/α,β-unsaturated/α-hetero) is 1. The lowest BCUT2D eigenvalue weighted by Gasteiger charge is -2.15. The topological polar surface area (TPSA) is 43.4 Å². The van der Waals surface area contributed by atoms with E-state index in [4.69, 9.17) is 0 Å². The Hall–Kier alpha value is -1.12. The van der Waals surface area contributed by atoms with Gasteiger partial charge in [0, 0.05) is 19.3 Å². The minimum atomic E-state index is -0.208. The first-order valence-corrected chi connectivity index (χ1v) is 5.37. The predicted molar refractivity (Wildman–Crippen MR) is 57.3 cm³/mol. The van der Waals surface area contributed by atoms with Gasteiger partial charge in [-0.25, -0.2) is 0 Å².